The second-order valence-electron chi connectivity index (χ2n) is 4.09. The number of hydrogen-bond donors (Lipinski definition) is 1. The number of aryl methyl sites for hydroxylation is 1. The van der Waals surface area contributed by atoms with E-state index in [2.05, 4.69) is 26.0 Å². The third-order valence-corrected chi connectivity index (χ3v) is 4.56. The van der Waals surface area contributed by atoms with Crippen molar-refractivity contribution in [3.05, 3.63) is 44.6 Å². The Balaban J connectivity index is 2.05. The van der Waals surface area contributed by atoms with Crippen molar-refractivity contribution in [2.24, 2.45) is 0 Å². The molecular weight excluding hydrogens is 371 g/mol. The van der Waals surface area contributed by atoms with Gasteiger partial charge < -0.3 is 10.1 Å². The van der Waals surface area contributed by atoms with Gasteiger partial charge in [0.1, 0.15) is 5.75 Å². The normalized spacial score (nSPS) is 11.3. The van der Waals surface area contributed by atoms with E-state index in [1.165, 1.54) is 23.5 Å². The molecule has 2 aromatic rings. The molecule has 0 unspecified atom stereocenters. The van der Waals surface area contributed by atoms with E-state index in [0.717, 1.165) is 21.5 Å². The van der Waals surface area contributed by atoms with E-state index in [1.807, 2.05) is 6.92 Å². The molecule has 0 spiro atoms. The third-order valence-electron chi connectivity index (χ3n) is 2.43. The number of rotatable bonds is 3. The number of carbonyl (C=O) groups excluding carboxylic acids is 1. The van der Waals surface area contributed by atoms with E-state index in [4.69, 9.17) is 0 Å². The lowest BCUT2D eigenvalue weighted by molar-refractivity contribution is -0.274. The molecule has 21 heavy (non-hydrogen) atoms. The van der Waals surface area contributed by atoms with Gasteiger partial charge in [-0.1, -0.05) is 0 Å². The van der Waals surface area contributed by atoms with Crippen molar-refractivity contribution >= 4 is 38.9 Å². The Morgan fingerprint density at radius 2 is 1.90 bits per heavy atom. The van der Waals surface area contributed by atoms with Gasteiger partial charge in [-0.2, -0.15) is 0 Å². The van der Waals surface area contributed by atoms with Crippen molar-refractivity contribution in [1.29, 1.82) is 0 Å². The molecule has 1 amide bonds. The van der Waals surface area contributed by atoms with Crippen LogP contribution in [0.1, 0.15) is 15.2 Å². The van der Waals surface area contributed by atoms with Gasteiger partial charge in [0.25, 0.3) is 5.91 Å². The van der Waals surface area contributed by atoms with Gasteiger partial charge in [0.05, 0.1) is 8.66 Å². The van der Waals surface area contributed by atoms with E-state index in [-0.39, 0.29) is 11.7 Å². The number of ether oxygens (including phenoxy) is 1. The highest BCUT2D eigenvalue weighted by atomic mass is 79.9. The molecule has 0 saturated carbocycles. The molecule has 0 atom stereocenters. The summed E-state index contributed by atoms with van der Waals surface area (Å²) in [6.45, 7) is 1.86. The molecule has 0 saturated heterocycles. The van der Waals surface area contributed by atoms with Gasteiger partial charge in [0.15, 0.2) is 0 Å². The van der Waals surface area contributed by atoms with Gasteiger partial charge in [-0.05, 0) is 58.7 Å². The number of anilines is 1. The minimum atomic E-state index is -4.73. The largest absolute Gasteiger partial charge is 0.573 e. The van der Waals surface area contributed by atoms with Gasteiger partial charge in [-0.25, -0.2) is 0 Å². The molecule has 1 N–H and O–H groups in total. The predicted molar refractivity (Wildman–Crippen MR) is 77.8 cm³/mol. The Morgan fingerprint density at radius 1 is 1.29 bits per heavy atom. The van der Waals surface area contributed by atoms with Crippen LogP contribution in [0.15, 0.2) is 34.1 Å². The van der Waals surface area contributed by atoms with Crippen molar-refractivity contribution in [1.82, 2.24) is 0 Å². The van der Waals surface area contributed by atoms with Gasteiger partial charge in [-0.3, -0.25) is 4.79 Å². The fraction of sp³-hybridized carbons (Fsp3) is 0.154. The van der Waals surface area contributed by atoms with Crippen LogP contribution in [0.5, 0.6) is 5.75 Å². The van der Waals surface area contributed by atoms with Crippen LogP contribution in [0.3, 0.4) is 0 Å². The standard InChI is InChI=1S/C13H9BrF3NO2S/c1-7-6-10(21-11(7)14)12(19)18-8-2-4-9(5-3-8)20-13(15,16)17/h2-6H,1H3,(H,18,19). The monoisotopic (exact) mass is 379 g/mol. The zero-order valence-corrected chi connectivity index (χ0v) is 13.0. The highest BCUT2D eigenvalue weighted by Crippen LogP contribution is 2.28. The van der Waals surface area contributed by atoms with Crippen LogP contribution in [-0.4, -0.2) is 12.3 Å². The molecule has 0 fully saturated rings. The molecule has 2 rings (SSSR count). The van der Waals surface area contributed by atoms with Crippen molar-refractivity contribution in [3.63, 3.8) is 0 Å². The average molecular weight is 380 g/mol. The smallest absolute Gasteiger partial charge is 0.406 e. The Morgan fingerprint density at radius 3 is 2.38 bits per heavy atom. The fourth-order valence-corrected chi connectivity index (χ4v) is 2.93. The van der Waals surface area contributed by atoms with E-state index in [0.29, 0.717) is 10.6 Å². The summed E-state index contributed by atoms with van der Waals surface area (Å²) >= 11 is 4.61. The minimum absolute atomic E-state index is 0.321. The maximum atomic E-state index is 12.0. The number of hydrogen-bond acceptors (Lipinski definition) is 3. The Hall–Kier alpha value is -1.54. The molecule has 0 aliphatic rings. The maximum absolute atomic E-state index is 12.0. The van der Waals surface area contributed by atoms with Gasteiger partial charge in [0.2, 0.25) is 0 Å². The van der Waals surface area contributed by atoms with E-state index in [1.54, 1.807) is 6.07 Å². The molecule has 8 heteroatoms. The molecular formula is C13H9BrF3NO2S. The summed E-state index contributed by atoms with van der Waals surface area (Å²) in [5, 5.41) is 2.60. The first-order valence-corrected chi connectivity index (χ1v) is 7.28. The summed E-state index contributed by atoms with van der Waals surface area (Å²) in [6.07, 6.45) is -4.73. The zero-order valence-electron chi connectivity index (χ0n) is 10.6. The quantitative estimate of drug-likeness (QED) is 0.817. The summed E-state index contributed by atoms with van der Waals surface area (Å²) in [7, 11) is 0. The molecule has 1 aromatic carbocycles. The SMILES string of the molecule is Cc1cc(C(=O)Nc2ccc(OC(F)(F)F)cc2)sc1Br. The second kappa shape index (κ2) is 6.07. The Kier molecular flexibility index (Phi) is 4.58. The van der Waals surface area contributed by atoms with Crippen molar-refractivity contribution in [3.8, 4) is 5.75 Å². The summed E-state index contributed by atoms with van der Waals surface area (Å²) in [6, 6.07) is 6.69. The van der Waals surface area contributed by atoms with Crippen LogP contribution >= 0.6 is 27.3 Å². The number of alkyl halides is 3. The first kappa shape index (κ1) is 15.8. The lowest BCUT2D eigenvalue weighted by Crippen LogP contribution is -2.17. The summed E-state index contributed by atoms with van der Waals surface area (Å²) < 4.78 is 40.7. The summed E-state index contributed by atoms with van der Waals surface area (Å²) in [5.41, 5.74) is 1.33. The van der Waals surface area contributed by atoms with Crippen LogP contribution < -0.4 is 10.1 Å². The Bertz CT molecular complexity index is 633. The van der Waals surface area contributed by atoms with Gasteiger partial charge in [0, 0.05) is 5.69 Å². The zero-order chi connectivity index (χ0) is 15.6. The van der Waals surface area contributed by atoms with Crippen molar-refractivity contribution < 1.29 is 22.7 Å². The fourth-order valence-electron chi connectivity index (χ4n) is 1.50. The number of carbonyl (C=O) groups is 1. The molecule has 0 radical (unpaired) electrons. The van der Waals surface area contributed by atoms with Crippen LogP contribution in [0.25, 0.3) is 0 Å². The lowest BCUT2D eigenvalue weighted by Gasteiger charge is -2.09. The topological polar surface area (TPSA) is 38.3 Å². The van der Waals surface area contributed by atoms with Crippen molar-refractivity contribution in [2.45, 2.75) is 13.3 Å². The molecule has 3 nitrogen and oxygen atoms in total. The predicted octanol–water partition coefficient (Wildman–Crippen LogP) is 4.97. The number of nitrogens with one attached hydrogen (secondary N) is 1. The van der Waals surface area contributed by atoms with Crippen LogP contribution in [0.4, 0.5) is 18.9 Å². The molecule has 0 aliphatic carbocycles. The molecule has 1 aromatic heterocycles. The number of halogens is 4. The summed E-state index contributed by atoms with van der Waals surface area (Å²) in [5.74, 6) is -0.659. The maximum Gasteiger partial charge on any atom is 0.573 e. The molecule has 0 aliphatic heterocycles. The van der Waals surface area contributed by atoms with Crippen molar-refractivity contribution in [2.75, 3.05) is 5.32 Å². The average Bonchev–Trinajstić information content (AvgIpc) is 2.70. The van der Waals surface area contributed by atoms with E-state index < -0.39 is 6.36 Å². The highest BCUT2D eigenvalue weighted by molar-refractivity contribution is 9.11. The minimum Gasteiger partial charge on any atom is -0.406 e. The molecule has 112 valence electrons. The lowest BCUT2D eigenvalue weighted by atomic mass is 10.3. The second-order valence-corrected chi connectivity index (χ2v) is 6.46. The summed E-state index contributed by atoms with van der Waals surface area (Å²) in [4.78, 5) is 12.5. The molecule has 1 heterocycles. The molecule has 0 bridgehead atoms. The van der Waals surface area contributed by atoms with Crippen LogP contribution in [-0.2, 0) is 0 Å². The number of thiophene rings is 1. The first-order chi connectivity index (χ1) is 9.74. The van der Waals surface area contributed by atoms with Crippen LogP contribution in [0.2, 0.25) is 0 Å². The first-order valence-electron chi connectivity index (χ1n) is 5.68. The van der Waals surface area contributed by atoms with E-state index >= 15 is 0 Å². The van der Waals surface area contributed by atoms with Crippen LogP contribution in [0, 0.1) is 6.92 Å². The van der Waals surface area contributed by atoms with Gasteiger partial charge in [-0.15, -0.1) is 24.5 Å². The van der Waals surface area contributed by atoms with E-state index in [9.17, 15) is 18.0 Å². The van der Waals surface area contributed by atoms with Gasteiger partial charge >= 0.3 is 6.36 Å². The number of amides is 1. The third kappa shape index (κ3) is 4.47. The Labute approximate surface area is 130 Å². The highest BCUT2D eigenvalue weighted by Gasteiger charge is 2.30. The number of benzene rings is 1.